The first-order valence-corrected chi connectivity index (χ1v) is 24.1. The summed E-state index contributed by atoms with van der Waals surface area (Å²) in [7, 11) is 0. The molecule has 0 bridgehead atoms. The number of hydrogen-bond donors (Lipinski definition) is 0. The lowest BCUT2D eigenvalue weighted by Gasteiger charge is -2.18. The fourth-order valence-electron chi connectivity index (χ4n) is 5.64. The summed E-state index contributed by atoms with van der Waals surface area (Å²) in [5.41, 5.74) is 0. The van der Waals surface area contributed by atoms with Crippen LogP contribution in [0.15, 0.2) is 158 Å². The van der Waals surface area contributed by atoms with Crippen LogP contribution in [0.25, 0.3) is 0 Å². The largest absolute Gasteiger partial charge is 0.462 e. The molecule has 0 aliphatic heterocycles. The summed E-state index contributed by atoms with van der Waals surface area (Å²) in [5.74, 6) is -1.09. The van der Waals surface area contributed by atoms with Crippen LogP contribution in [0.3, 0.4) is 0 Å². The molecule has 0 N–H and O–H groups in total. The zero-order valence-corrected chi connectivity index (χ0v) is 39.5. The van der Waals surface area contributed by atoms with Gasteiger partial charge in [0, 0.05) is 19.3 Å². The van der Waals surface area contributed by atoms with E-state index in [0.717, 1.165) is 77.0 Å². The lowest BCUT2D eigenvalue weighted by molar-refractivity contribution is -0.167. The molecule has 0 amide bonds. The zero-order chi connectivity index (χ0) is 45.8. The molecule has 0 aliphatic rings. The van der Waals surface area contributed by atoms with Crippen molar-refractivity contribution >= 4 is 17.9 Å². The van der Waals surface area contributed by atoms with Crippen molar-refractivity contribution < 1.29 is 28.6 Å². The predicted octanol–water partition coefficient (Wildman–Crippen LogP) is 15.9. The summed E-state index contributed by atoms with van der Waals surface area (Å²) in [4.78, 5) is 37.9. The lowest BCUT2D eigenvalue weighted by atomic mass is 10.1. The fraction of sp³-hybridized carbons (Fsp3) is 0.491. The van der Waals surface area contributed by atoms with Gasteiger partial charge in [-0.15, -0.1) is 0 Å². The van der Waals surface area contributed by atoms with Crippen molar-refractivity contribution in [2.24, 2.45) is 0 Å². The molecule has 0 radical (unpaired) electrons. The van der Waals surface area contributed by atoms with Crippen LogP contribution in [0.5, 0.6) is 0 Å². The summed E-state index contributed by atoms with van der Waals surface area (Å²) in [6.45, 7) is 6.16. The molecule has 0 saturated heterocycles. The SMILES string of the molecule is CC/C=C/C=C/C=C/C=C/C=C/CCCCCC(=O)OC(COC(=O)CCC/C=C/C/C=C/C/C=C/C/C=C/CCCCC)COC(=O)CCCCC/C=C/C=C/C=C/C=C/CC. The second kappa shape index (κ2) is 49.7. The van der Waals surface area contributed by atoms with E-state index in [-0.39, 0.29) is 50.4 Å². The van der Waals surface area contributed by atoms with Crippen LogP contribution in [0.2, 0.25) is 0 Å². The Morgan fingerprint density at radius 2 is 0.698 bits per heavy atom. The molecule has 348 valence electrons. The summed E-state index contributed by atoms with van der Waals surface area (Å²) in [6, 6.07) is 0. The maximum Gasteiger partial charge on any atom is 0.306 e. The van der Waals surface area contributed by atoms with E-state index in [1.165, 1.54) is 25.7 Å². The van der Waals surface area contributed by atoms with Crippen molar-refractivity contribution in [1.29, 1.82) is 0 Å². The smallest absolute Gasteiger partial charge is 0.306 e. The predicted molar refractivity (Wildman–Crippen MR) is 269 cm³/mol. The minimum Gasteiger partial charge on any atom is -0.462 e. The molecule has 0 heterocycles. The maximum atomic E-state index is 12.8. The topological polar surface area (TPSA) is 78.9 Å². The van der Waals surface area contributed by atoms with Gasteiger partial charge in [0.2, 0.25) is 0 Å². The molecule has 63 heavy (non-hydrogen) atoms. The first kappa shape index (κ1) is 58.0. The molecule has 0 rings (SSSR count). The number of hydrogen-bond acceptors (Lipinski definition) is 6. The van der Waals surface area contributed by atoms with Crippen LogP contribution in [0, 0.1) is 0 Å². The third-order valence-corrected chi connectivity index (χ3v) is 9.22. The number of rotatable bonds is 40. The molecule has 6 nitrogen and oxygen atoms in total. The van der Waals surface area contributed by atoms with E-state index in [4.69, 9.17) is 14.2 Å². The number of allylic oxidation sites excluding steroid dienone is 26. The summed E-state index contributed by atoms with van der Waals surface area (Å²) in [5, 5.41) is 0. The standard InChI is InChI=1S/C57H84O6/c1-4-7-10-13-16-19-22-25-27-28-30-32-35-38-41-44-47-50-56(59)62-53-54(52-61-55(58)49-46-43-40-37-34-31-24-21-18-15-12-9-6-3)63-57(60)51-48-45-42-39-36-33-29-26-23-20-17-14-11-8-5-2/h8-9,11-12,14-21,23-27,29-34,36,38,41,54H,4-7,10,13,22,28,35,37,39-40,42-53H2,1-3H3/b11-8+,12-9+,17-14+,18-15+,19-16+,23-20+,24-21+,27-25+,29-26+,32-30+,34-31+,36-33+,41-38+. The van der Waals surface area contributed by atoms with E-state index in [2.05, 4.69) is 93.7 Å². The van der Waals surface area contributed by atoms with Gasteiger partial charge in [-0.1, -0.05) is 204 Å². The second-order valence-electron chi connectivity index (χ2n) is 15.1. The number of carbonyl (C=O) groups excluding carboxylic acids is 3. The van der Waals surface area contributed by atoms with Gasteiger partial charge in [0.25, 0.3) is 0 Å². The molecule has 0 aromatic carbocycles. The number of carbonyl (C=O) groups is 3. The monoisotopic (exact) mass is 865 g/mol. The van der Waals surface area contributed by atoms with Crippen molar-refractivity contribution in [2.75, 3.05) is 13.2 Å². The molecule has 0 spiro atoms. The molecule has 0 saturated carbocycles. The molecular formula is C57H84O6. The Morgan fingerprint density at radius 3 is 1.14 bits per heavy atom. The Morgan fingerprint density at radius 1 is 0.349 bits per heavy atom. The molecule has 1 unspecified atom stereocenters. The number of unbranched alkanes of at least 4 members (excludes halogenated alkanes) is 10. The fourth-order valence-corrected chi connectivity index (χ4v) is 5.64. The van der Waals surface area contributed by atoms with E-state index in [1.54, 1.807) is 0 Å². The molecule has 0 fully saturated rings. The Labute approximate surface area is 384 Å². The lowest BCUT2D eigenvalue weighted by Crippen LogP contribution is -2.30. The summed E-state index contributed by atoms with van der Waals surface area (Å²) >= 11 is 0. The van der Waals surface area contributed by atoms with Crippen LogP contribution < -0.4 is 0 Å². The van der Waals surface area contributed by atoms with Crippen LogP contribution in [-0.4, -0.2) is 37.2 Å². The van der Waals surface area contributed by atoms with Crippen molar-refractivity contribution in [1.82, 2.24) is 0 Å². The van der Waals surface area contributed by atoms with Gasteiger partial charge in [-0.3, -0.25) is 14.4 Å². The average molecular weight is 865 g/mol. The Balaban J connectivity index is 4.66. The van der Waals surface area contributed by atoms with Crippen molar-refractivity contribution in [3.63, 3.8) is 0 Å². The normalized spacial score (nSPS) is 13.5. The van der Waals surface area contributed by atoms with E-state index >= 15 is 0 Å². The van der Waals surface area contributed by atoms with Crippen LogP contribution >= 0.6 is 0 Å². The number of ether oxygens (including phenoxy) is 3. The van der Waals surface area contributed by atoms with Gasteiger partial charge in [-0.2, -0.15) is 0 Å². The molecule has 0 aromatic rings. The Hall–Kier alpha value is -4.97. The first-order chi connectivity index (χ1) is 31.0. The van der Waals surface area contributed by atoms with Crippen LogP contribution in [0.1, 0.15) is 162 Å². The molecule has 1 atom stereocenters. The van der Waals surface area contributed by atoms with Gasteiger partial charge < -0.3 is 14.2 Å². The summed E-state index contributed by atoms with van der Waals surface area (Å²) < 4.78 is 16.6. The molecule has 6 heteroatoms. The highest BCUT2D eigenvalue weighted by molar-refractivity contribution is 5.71. The molecule has 0 aromatic heterocycles. The minimum absolute atomic E-state index is 0.141. The molecular weight excluding hydrogens is 781 g/mol. The van der Waals surface area contributed by atoms with Gasteiger partial charge in [0.15, 0.2) is 6.10 Å². The molecule has 0 aliphatic carbocycles. The first-order valence-electron chi connectivity index (χ1n) is 24.1. The van der Waals surface area contributed by atoms with Gasteiger partial charge in [0.05, 0.1) is 0 Å². The minimum atomic E-state index is -0.846. The quantitative estimate of drug-likeness (QED) is 0.0201. The van der Waals surface area contributed by atoms with Crippen LogP contribution in [-0.2, 0) is 28.6 Å². The average Bonchev–Trinajstić information content (AvgIpc) is 3.28. The van der Waals surface area contributed by atoms with Crippen molar-refractivity contribution in [3.05, 3.63) is 158 Å². The van der Waals surface area contributed by atoms with Crippen molar-refractivity contribution in [3.8, 4) is 0 Å². The maximum absolute atomic E-state index is 12.8. The highest BCUT2D eigenvalue weighted by Crippen LogP contribution is 2.10. The third kappa shape index (κ3) is 47.9. The Bertz CT molecular complexity index is 1510. The third-order valence-electron chi connectivity index (χ3n) is 9.22. The van der Waals surface area contributed by atoms with E-state index in [1.807, 2.05) is 85.1 Å². The van der Waals surface area contributed by atoms with Crippen LogP contribution in [0.4, 0.5) is 0 Å². The highest BCUT2D eigenvalue weighted by Gasteiger charge is 2.19. The van der Waals surface area contributed by atoms with Gasteiger partial charge in [-0.25, -0.2) is 0 Å². The van der Waals surface area contributed by atoms with Gasteiger partial charge in [0.1, 0.15) is 13.2 Å². The van der Waals surface area contributed by atoms with E-state index in [9.17, 15) is 14.4 Å². The number of esters is 3. The highest BCUT2D eigenvalue weighted by atomic mass is 16.6. The van der Waals surface area contributed by atoms with E-state index < -0.39 is 6.10 Å². The van der Waals surface area contributed by atoms with Crippen molar-refractivity contribution in [2.45, 2.75) is 168 Å². The summed E-state index contributed by atoms with van der Waals surface area (Å²) in [6.07, 6.45) is 72.3. The zero-order valence-electron chi connectivity index (χ0n) is 39.5. The van der Waals surface area contributed by atoms with Gasteiger partial charge in [-0.05, 0) is 96.3 Å². The van der Waals surface area contributed by atoms with E-state index in [0.29, 0.717) is 19.3 Å². The second-order valence-corrected chi connectivity index (χ2v) is 15.1. The Kier molecular flexibility index (Phi) is 45.8. The van der Waals surface area contributed by atoms with Gasteiger partial charge >= 0.3 is 17.9 Å².